The van der Waals surface area contributed by atoms with Crippen molar-refractivity contribution in [2.75, 3.05) is 5.32 Å². The van der Waals surface area contributed by atoms with E-state index in [4.69, 9.17) is 5.11 Å². The molecule has 2 heterocycles. The lowest BCUT2D eigenvalue weighted by atomic mass is 10.2. The molecule has 2 rings (SSSR count). The van der Waals surface area contributed by atoms with E-state index in [-0.39, 0.29) is 18.1 Å². The molecule has 0 bridgehead atoms. The standard InChI is InChI=1S/C10H10N4O4S/c1-2-3-6(9(15)16)11-7-8(14(17)18)13-4-5-19-10(13)12-7/h2,4-6,11H,1,3H2,(H,15,16). The third kappa shape index (κ3) is 2.40. The van der Waals surface area contributed by atoms with Crippen LogP contribution in [0.2, 0.25) is 0 Å². The zero-order valence-corrected chi connectivity index (χ0v) is 10.5. The first-order valence-electron chi connectivity index (χ1n) is 5.24. The molecule has 0 amide bonds. The molecule has 2 aromatic rings. The van der Waals surface area contributed by atoms with E-state index in [2.05, 4.69) is 16.9 Å². The average Bonchev–Trinajstić information content (AvgIpc) is 2.87. The maximum Gasteiger partial charge on any atom is 0.372 e. The summed E-state index contributed by atoms with van der Waals surface area (Å²) in [4.78, 5) is 25.9. The molecule has 19 heavy (non-hydrogen) atoms. The van der Waals surface area contributed by atoms with Gasteiger partial charge in [0.25, 0.3) is 4.96 Å². The van der Waals surface area contributed by atoms with E-state index in [1.807, 2.05) is 0 Å². The summed E-state index contributed by atoms with van der Waals surface area (Å²) in [7, 11) is 0. The molecule has 0 radical (unpaired) electrons. The number of carboxylic acids is 1. The number of anilines is 1. The molecule has 100 valence electrons. The minimum absolute atomic E-state index is 0.0499. The van der Waals surface area contributed by atoms with Crippen molar-refractivity contribution in [1.82, 2.24) is 9.38 Å². The van der Waals surface area contributed by atoms with Gasteiger partial charge in [0.15, 0.2) is 0 Å². The van der Waals surface area contributed by atoms with Crippen molar-refractivity contribution in [3.63, 3.8) is 0 Å². The number of rotatable bonds is 6. The third-order valence-corrected chi connectivity index (χ3v) is 3.18. The van der Waals surface area contributed by atoms with E-state index in [0.717, 1.165) is 0 Å². The Hall–Kier alpha value is -2.42. The minimum atomic E-state index is -1.12. The third-order valence-electron chi connectivity index (χ3n) is 2.42. The Morgan fingerprint density at radius 3 is 3.11 bits per heavy atom. The fraction of sp³-hybridized carbons (Fsp3) is 0.200. The van der Waals surface area contributed by atoms with Gasteiger partial charge in [0.1, 0.15) is 12.2 Å². The van der Waals surface area contributed by atoms with Crippen molar-refractivity contribution in [3.8, 4) is 0 Å². The second-order valence-electron chi connectivity index (χ2n) is 3.66. The summed E-state index contributed by atoms with van der Waals surface area (Å²) in [5, 5.41) is 24.3. The van der Waals surface area contributed by atoms with Crippen molar-refractivity contribution in [2.45, 2.75) is 12.5 Å². The average molecular weight is 282 g/mol. The van der Waals surface area contributed by atoms with Gasteiger partial charge in [0.05, 0.1) is 0 Å². The SMILES string of the molecule is C=CCC(Nc1nc2sccn2c1[N+](=O)[O-])C(=O)O. The molecule has 2 N–H and O–H groups in total. The second kappa shape index (κ2) is 5.06. The molecule has 0 aliphatic heterocycles. The van der Waals surface area contributed by atoms with Crippen LogP contribution in [0, 0.1) is 10.1 Å². The summed E-state index contributed by atoms with van der Waals surface area (Å²) < 4.78 is 1.31. The topological polar surface area (TPSA) is 110 Å². The van der Waals surface area contributed by atoms with Crippen LogP contribution in [-0.2, 0) is 4.79 Å². The fourth-order valence-electron chi connectivity index (χ4n) is 1.60. The lowest BCUT2D eigenvalue weighted by Crippen LogP contribution is -2.29. The first-order valence-corrected chi connectivity index (χ1v) is 6.12. The quantitative estimate of drug-likeness (QED) is 0.474. The Kier molecular flexibility index (Phi) is 3.47. The molecular weight excluding hydrogens is 272 g/mol. The van der Waals surface area contributed by atoms with Crippen molar-refractivity contribution < 1.29 is 14.8 Å². The molecule has 2 aromatic heterocycles. The number of aliphatic carboxylic acids is 1. The molecule has 0 fully saturated rings. The van der Waals surface area contributed by atoms with Crippen LogP contribution in [0.5, 0.6) is 0 Å². The number of nitrogens with zero attached hydrogens (tertiary/aromatic N) is 3. The highest BCUT2D eigenvalue weighted by Crippen LogP contribution is 2.28. The highest BCUT2D eigenvalue weighted by atomic mass is 32.1. The van der Waals surface area contributed by atoms with Gasteiger partial charge in [0, 0.05) is 5.38 Å². The largest absolute Gasteiger partial charge is 0.480 e. The van der Waals surface area contributed by atoms with Gasteiger partial charge in [-0.15, -0.1) is 6.58 Å². The first-order chi connectivity index (χ1) is 9.04. The van der Waals surface area contributed by atoms with Gasteiger partial charge in [0.2, 0.25) is 5.82 Å². The fourth-order valence-corrected chi connectivity index (χ4v) is 2.31. The van der Waals surface area contributed by atoms with Gasteiger partial charge < -0.3 is 20.5 Å². The van der Waals surface area contributed by atoms with Crippen LogP contribution in [0.1, 0.15) is 6.42 Å². The van der Waals surface area contributed by atoms with E-state index in [1.165, 1.54) is 28.0 Å². The lowest BCUT2D eigenvalue weighted by molar-refractivity contribution is -0.389. The smallest absolute Gasteiger partial charge is 0.372 e. The van der Waals surface area contributed by atoms with Gasteiger partial charge in [-0.3, -0.25) is 0 Å². The number of thiazole rings is 1. The highest BCUT2D eigenvalue weighted by Gasteiger charge is 2.27. The van der Waals surface area contributed by atoms with Crippen LogP contribution >= 0.6 is 11.3 Å². The van der Waals surface area contributed by atoms with E-state index in [1.54, 1.807) is 5.38 Å². The summed E-state index contributed by atoms with van der Waals surface area (Å²) in [5.41, 5.74) is 0. The Labute approximate surface area is 111 Å². The molecule has 0 aromatic carbocycles. The molecule has 0 aliphatic carbocycles. The molecule has 0 aliphatic rings. The normalized spacial score (nSPS) is 12.2. The number of hydrogen-bond acceptors (Lipinski definition) is 6. The Morgan fingerprint density at radius 1 is 1.79 bits per heavy atom. The van der Waals surface area contributed by atoms with Gasteiger partial charge >= 0.3 is 11.8 Å². The van der Waals surface area contributed by atoms with Crippen molar-refractivity contribution >= 4 is 33.9 Å². The number of carbonyl (C=O) groups is 1. The van der Waals surface area contributed by atoms with E-state index in [0.29, 0.717) is 4.96 Å². The zero-order valence-electron chi connectivity index (χ0n) is 9.65. The highest BCUT2D eigenvalue weighted by molar-refractivity contribution is 7.15. The van der Waals surface area contributed by atoms with E-state index < -0.39 is 16.9 Å². The molecule has 0 saturated heterocycles. The Balaban J connectivity index is 2.41. The molecule has 0 spiro atoms. The number of hydrogen-bond donors (Lipinski definition) is 2. The first kappa shape index (κ1) is 13.0. The second-order valence-corrected chi connectivity index (χ2v) is 4.53. The van der Waals surface area contributed by atoms with Crippen LogP contribution in [0.4, 0.5) is 11.6 Å². The van der Waals surface area contributed by atoms with E-state index in [9.17, 15) is 14.9 Å². The minimum Gasteiger partial charge on any atom is -0.480 e. The summed E-state index contributed by atoms with van der Waals surface area (Å²) in [6.45, 7) is 3.45. The maximum absolute atomic E-state index is 11.0. The molecule has 1 unspecified atom stereocenters. The number of carboxylic acid groups (broad SMARTS) is 1. The summed E-state index contributed by atoms with van der Waals surface area (Å²) in [5.74, 6) is -1.44. The number of nitrogens with one attached hydrogen (secondary N) is 1. The predicted octanol–water partition coefficient (Wildman–Crippen LogP) is 1.75. The number of aromatic nitrogens is 2. The Morgan fingerprint density at radius 2 is 2.53 bits per heavy atom. The van der Waals surface area contributed by atoms with Crippen LogP contribution < -0.4 is 5.32 Å². The summed E-state index contributed by atoms with van der Waals surface area (Å²) in [6.07, 6.45) is 3.08. The molecule has 0 saturated carbocycles. The van der Waals surface area contributed by atoms with Crippen molar-refractivity contribution in [1.29, 1.82) is 0 Å². The summed E-state index contributed by atoms with van der Waals surface area (Å²) in [6, 6.07) is -0.999. The number of nitro groups is 1. The van der Waals surface area contributed by atoms with Crippen LogP contribution in [0.15, 0.2) is 24.2 Å². The molecule has 8 nitrogen and oxygen atoms in total. The molecule has 1 atom stereocenters. The molecular formula is C10H10N4O4S. The number of fused-ring (bicyclic) bond motifs is 1. The zero-order chi connectivity index (χ0) is 14.0. The van der Waals surface area contributed by atoms with Crippen molar-refractivity contribution in [3.05, 3.63) is 34.3 Å². The maximum atomic E-state index is 11.0. The monoisotopic (exact) mass is 282 g/mol. The number of imidazole rings is 1. The molecule has 9 heteroatoms. The summed E-state index contributed by atoms with van der Waals surface area (Å²) >= 11 is 1.23. The van der Waals surface area contributed by atoms with Crippen LogP contribution in [-0.4, -0.2) is 31.4 Å². The van der Waals surface area contributed by atoms with Gasteiger partial charge in [-0.05, 0) is 11.3 Å². The van der Waals surface area contributed by atoms with Gasteiger partial charge in [-0.1, -0.05) is 17.4 Å². The van der Waals surface area contributed by atoms with Crippen LogP contribution in [0.3, 0.4) is 0 Å². The predicted molar refractivity (Wildman–Crippen MR) is 69.6 cm³/mol. The van der Waals surface area contributed by atoms with Crippen LogP contribution in [0.25, 0.3) is 4.96 Å². The lowest BCUT2D eigenvalue weighted by Gasteiger charge is -2.11. The van der Waals surface area contributed by atoms with E-state index >= 15 is 0 Å². The Bertz CT molecular complexity index is 647. The van der Waals surface area contributed by atoms with Gasteiger partial charge in [-0.2, -0.15) is 9.38 Å². The van der Waals surface area contributed by atoms with Gasteiger partial charge in [-0.25, -0.2) is 4.79 Å². The van der Waals surface area contributed by atoms with Crippen molar-refractivity contribution in [2.24, 2.45) is 0 Å².